The maximum Gasteiger partial charge on any atom is 0.344 e. The first-order chi connectivity index (χ1) is 13.4. The Labute approximate surface area is 165 Å². The molecule has 28 heavy (non-hydrogen) atoms. The summed E-state index contributed by atoms with van der Waals surface area (Å²) in [5, 5.41) is 3.26. The highest BCUT2D eigenvalue weighted by molar-refractivity contribution is 6.30. The molecule has 4 amide bonds. The van der Waals surface area contributed by atoms with Gasteiger partial charge in [0.15, 0.2) is 0 Å². The minimum absolute atomic E-state index is 0.0766. The molecule has 3 rings (SSSR count). The molecule has 2 aromatic carbocycles. The lowest BCUT2D eigenvalue weighted by Gasteiger charge is -2.25. The van der Waals surface area contributed by atoms with Gasteiger partial charge in [-0.05, 0) is 35.8 Å². The molecule has 0 unspecified atom stereocenters. The molecule has 6 nitrogen and oxygen atoms in total. The van der Waals surface area contributed by atoms with Crippen LogP contribution in [0.15, 0.2) is 54.6 Å². The number of hydrazine groups is 1. The van der Waals surface area contributed by atoms with Crippen LogP contribution in [0.4, 0.5) is 9.18 Å². The molecule has 2 aromatic rings. The van der Waals surface area contributed by atoms with Gasteiger partial charge in [0.2, 0.25) is 0 Å². The van der Waals surface area contributed by atoms with Gasteiger partial charge in [0.1, 0.15) is 11.4 Å². The van der Waals surface area contributed by atoms with Crippen LogP contribution in [0.5, 0.6) is 0 Å². The van der Waals surface area contributed by atoms with E-state index in [0.717, 1.165) is 6.08 Å². The van der Waals surface area contributed by atoms with E-state index < -0.39 is 29.2 Å². The molecule has 0 aromatic heterocycles. The summed E-state index contributed by atoms with van der Waals surface area (Å²) >= 11 is 5.70. The summed E-state index contributed by atoms with van der Waals surface area (Å²) in [5.41, 5.74) is 2.16. The van der Waals surface area contributed by atoms with Gasteiger partial charge in [0, 0.05) is 6.08 Å². The second-order valence-electron chi connectivity index (χ2n) is 6.18. The Bertz CT molecular complexity index is 964. The summed E-state index contributed by atoms with van der Waals surface area (Å²) in [7, 11) is 0. The molecule has 0 spiro atoms. The van der Waals surface area contributed by atoms with Crippen LogP contribution in [0.1, 0.15) is 24.5 Å². The van der Waals surface area contributed by atoms with E-state index in [-0.39, 0.29) is 5.02 Å². The molecule has 144 valence electrons. The standard InChI is InChI=1S/C20H17ClFN3O3/c1-2-20(14-6-4-3-5-7-14)18(27)25(19(28)23-20)24-17(26)11-9-13-8-10-16(22)15(21)12-13/h3-12H,2H2,1H3,(H,23,28)(H,24,26)/b11-9+/t20-/m1/s1. The van der Waals surface area contributed by atoms with E-state index in [0.29, 0.717) is 22.6 Å². The Balaban J connectivity index is 1.76. The summed E-state index contributed by atoms with van der Waals surface area (Å²) in [6.07, 6.45) is 2.83. The molecule has 1 atom stereocenters. The minimum atomic E-state index is -1.24. The van der Waals surface area contributed by atoms with Gasteiger partial charge in [-0.1, -0.05) is 54.9 Å². The Hall–Kier alpha value is -3.19. The highest BCUT2D eigenvalue weighted by atomic mass is 35.5. The number of benzene rings is 2. The molecule has 1 fully saturated rings. The molecule has 1 heterocycles. The fraction of sp³-hybridized carbons (Fsp3) is 0.150. The van der Waals surface area contributed by atoms with Gasteiger partial charge < -0.3 is 5.32 Å². The van der Waals surface area contributed by atoms with Crippen molar-refractivity contribution in [3.8, 4) is 0 Å². The van der Waals surface area contributed by atoms with Crippen LogP contribution in [-0.4, -0.2) is 22.9 Å². The van der Waals surface area contributed by atoms with E-state index in [1.54, 1.807) is 37.3 Å². The van der Waals surface area contributed by atoms with E-state index in [1.165, 1.54) is 24.3 Å². The largest absolute Gasteiger partial charge is 0.344 e. The summed E-state index contributed by atoms with van der Waals surface area (Å²) in [4.78, 5) is 37.4. The summed E-state index contributed by atoms with van der Waals surface area (Å²) < 4.78 is 13.2. The van der Waals surface area contributed by atoms with Crippen LogP contribution in [-0.2, 0) is 15.1 Å². The molecular formula is C20H17ClFN3O3. The first kappa shape index (κ1) is 19.6. The molecular weight excluding hydrogens is 385 g/mol. The molecule has 0 radical (unpaired) electrons. The van der Waals surface area contributed by atoms with Crippen molar-refractivity contribution in [2.75, 3.05) is 0 Å². The number of halogens is 2. The molecule has 8 heteroatoms. The minimum Gasteiger partial charge on any atom is -0.318 e. The van der Waals surface area contributed by atoms with Crippen molar-refractivity contribution in [3.05, 3.63) is 76.6 Å². The Kier molecular flexibility index (Phi) is 5.46. The zero-order valence-electron chi connectivity index (χ0n) is 14.9. The van der Waals surface area contributed by atoms with E-state index in [2.05, 4.69) is 10.7 Å². The zero-order valence-corrected chi connectivity index (χ0v) is 15.7. The number of carbonyl (C=O) groups is 3. The van der Waals surface area contributed by atoms with E-state index in [4.69, 9.17) is 11.6 Å². The van der Waals surface area contributed by atoms with Crippen molar-refractivity contribution in [1.82, 2.24) is 15.8 Å². The third-order valence-corrected chi connectivity index (χ3v) is 4.77. The van der Waals surface area contributed by atoms with Crippen molar-refractivity contribution in [1.29, 1.82) is 0 Å². The van der Waals surface area contributed by atoms with Crippen LogP contribution in [0.25, 0.3) is 6.08 Å². The smallest absolute Gasteiger partial charge is 0.318 e. The average Bonchev–Trinajstić information content (AvgIpc) is 2.94. The first-order valence-corrected chi connectivity index (χ1v) is 8.91. The number of hydrogen-bond donors (Lipinski definition) is 2. The van der Waals surface area contributed by atoms with Crippen LogP contribution in [0, 0.1) is 5.82 Å². The van der Waals surface area contributed by atoms with Gasteiger partial charge in [0.05, 0.1) is 5.02 Å². The quantitative estimate of drug-likeness (QED) is 0.595. The van der Waals surface area contributed by atoms with E-state index in [9.17, 15) is 18.8 Å². The van der Waals surface area contributed by atoms with Crippen molar-refractivity contribution >= 4 is 35.5 Å². The molecule has 1 saturated heterocycles. The predicted octanol–water partition coefficient (Wildman–Crippen LogP) is 3.38. The number of nitrogens with zero attached hydrogens (tertiary/aromatic N) is 1. The molecule has 2 N–H and O–H groups in total. The normalized spacial score (nSPS) is 19.2. The van der Waals surface area contributed by atoms with Gasteiger partial charge in [-0.3, -0.25) is 15.0 Å². The SMILES string of the molecule is CC[C@]1(c2ccccc2)NC(=O)N(NC(=O)/C=C/c2ccc(F)c(Cl)c2)C1=O. The highest BCUT2D eigenvalue weighted by Gasteiger charge is 2.52. The van der Waals surface area contributed by atoms with Gasteiger partial charge in [0.25, 0.3) is 11.8 Å². The molecule has 0 aliphatic carbocycles. The van der Waals surface area contributed by atoms with Gasteiger partial charge in [-0.25, -0.2) is 9.18 Å². The summed E-state index contributed by atoms with van der Waals surface area (Å²) in [6, 6.07) is 12.1. The average molecular weight is 402 g/mol. The number of amides is 4. The first-order valence-electron chi connectivity index (χ1n) is 8.53. The fourth-order valence-electron chi connectivity index (χ4n) is 2.97. The number of imide groups is 1. The Morgan fingerprint density at radius 2 is 1.96 bits per heavy atom. The van der Waals surface area contributed by atoms with Crippen molar-refractivity contribution in [2.24, 2.45) is 0 Å². The third kappa shape index (κ3) is 3.61. The maximum atomic E-state index is 13.2. The van der Waals surface area contributed by atoms with Gasteiger partial charge in [-0.2, -0.15) is 5.01 Å². The molecule has 1 aliphatic rings. The zero-order chi connectivity index (χ0) is 20.3. The van der Waals surface area contributed by atoms with Crippen LogP contribution in [0.3, 0.4) is 0 Å². The van der Waals surface area contributed by atoms with Gasteiger partial charge in [-0.15, -0.1) is 0 Å². The Morgan fingerprint density at radius 1 is 1.25 bits per heavy atom. The number of hydrogen-bond acceptors (Lipinski definition) is 3. The number of nitrogens with one attached hydrogen (secondary N) is 2. The number of rotatable bonds is 5. The van der Waals surface area contributed by atoms with E-state index >= 15 is 0 Å². The van der Waals surface area contributed by atoms with E-state index in [1.807, 2.05) is 0 Å². The molecule has 0 bridgehead atoms. The van der Waals surface area contributed by atoms with Crippen molar-refractivity contribution in [2.45, 2.75) is 18.9 Å². The van der Waals surface area contributed by atoms with Crippen LogP contribution >= 0.6 is 11.6 Å². The maximum absolute atomic E-state index is 13.2. The summed E-state index contributed by atoms with van der Waals surface area (Å²) in [6.45, 7) is 1.77. The lowest BCUT2D eigenvalue weighted by Crippen LogP contribution is -2.48. The number of urea groups is 1. The molecule has 1 aliphatic heterocycles. The van der Waals surface area contributed by atoms with Crippen LogP contribution < -0.4 is 10.7 Å². The fourth-order valence-corrected chi connectivity index (χ4v) is 3.16. The second kappa shape index (κ2) is 7.82. The molecule has 0 saturated carbocycles. The summed E-state index contributed by atoms with van der Waals surface area (Å²) in [5.74, 6) is -1.83. The topological polar surface area (TPSA) is 78.5 Å². The monoisotopic (exact) mass is 401 g/mol. The van der Waals surface area contributed by atoms with Crippen molar-refractivity contribution < 1.29 is 18.8 Å². The highest BCUT2D eigenvalue weighted by Crippen LogP contribution is 2.31. The van der Waals surface area contributed by atoms with Crippen molar-refractivity contribution in [3.63, 3.8) is 0 Å². The Morgan fingerprint density at radius 3 is 2.61 bits per heavy atom. The number of carbonyl (C=O) groups excluding carboxylic acids is 3. The lowest BCUT2D eigenvalue weighted by molar-refractivity contribution is -0.138. The lowest BCUT2D eigenvalue weighted by atomic mass is 9.87. The van der Waals surface area contributed by atoms with Crippen LogP contribution in [0.2, 0.25) is 5.02 Å². The van der Waals surface area contributed by atoms with Gasteiger partial charge >= 0.3 is 6.03 Å². The third-order valence-electron chi connectivity index (χ3n) is 4.48. The second-order valence-corrected chi connectivity index (χ2v) is 6.59. The predicted molar refractivity (Wildman–Crippen MR) is 102 cm³/mol.